The molecule has 392 valence electrons. The van der Waals surface area contributed by atoms with Gasteiger partial charge in [-0.15, -0.1) is 0 Å². The molecule has 0 spiro atoms. The fourth-order valence-electron chi connectivity index (χ4n) is 8.83. The van der Waals surface area contributed by atoms with E-state index in [2.05, 4.69) is 67.8 Å². The quantitative estimate of drug-likeness (QED) is 0.0321. The highest BCUT2D eigenvalue weighted by Gasteiger charge is 2.20. The average Bonchev–Trinajstić information content (AvgIpc) is 3.33. The number of carbonyl (C=O) groups is 2. The van der Waals surface area contributed by atoms with Crippen molar-refractivity contribution in [1.82, 2.24) is 5.32 Å². The number of unbranched alkanes of at least 4 members (excludes halogenated alkanes) is 35. The first-order valence-electron chi connectivity index (χ1n) is 29.4. The van der Waals surface area contributed by atoms with Gasteiger partial charge in [0.05, 0.1) is 25.4 Å². The average molecular weight is 941 g/mol. The number of ether oxygens (including phenoxy) is 1. The van der Waals surface area contributed by atoms with Crippen molar-refractivity contribution in [1.29, 1.82) is 0 Å². The minimum absolute atomic E-state index is 0.00880. The van der Waals surface area contributed by atoms with Crippen LogP contribution in [0.5, 0.6) is 0 Å². The van der Waals surface area contributed by atoms with Gasteiger partial charge in [-0.3, -0.25) is 9.59 Å². The van der Waals surface area contributed by atoms with Crippen LogP contribution in [0.25, 0.3) is 0 Å². The van der Waals surface area contributed by atoms with Gasteiger partial charge in [0.1, 0.15) is 0 Å². The maximum absolute atomic E-state index is 12.5. The maximum atomic E-state index is 12.5. The molecule has 0 aliphatic heterocycles. The highest BCUT2D eigenvalue weighted by Crippen LogP contribution is 2.16. The van der Waals surface area contributed by atoms with Crippen LogP contribution in [0.15, 0.2) is 48.6 Å². The molecule has 6 heteroatoms. The normalized spacial score (nSPS) is 13.0. The molecule has 0 aliphatic carbocycles. The van der Waals surface area contributed by atoms with Crippen LogP contribution >= 0.6 is 0 Å². The summed E-state index contributed by atoms with van der Waals surface area (Å²) < 4.78 is 5.46. The van der Waals surface area contributed by atoms with Crippen molar-refractivity contribution in [3.63, 3.8) is 0 Å². The van der Waals surface area contributed by atoms with Gasteiger partial charge in [0, 0.05) is 12.8 Å². The molecule has 0 radical (unpaired) electrons. The van der Waals surface area contributed by atoms with Crippen molar-refractivity contribution in [3.05, 3.63) is 48.6 Å². The molecule has 2 unspecified atom stereocenters. The lowest BCUT2D eigenvalue weighted by Gasteiger charge is -2.22. The Morgan fingerprint density at radius 3 is 1.19 bits per heavy atom. The zero-order valence-electron chi connectivity index (χ0n) is 44.6. The van der Waals surface area contributed by atoms with E-state index in [0.29, 0.717) is 25.9 Å². The molecule has 0 aromatic carbocycles. The Kier molecular flexibility index (Phi) is 54.6. The molecule has 0 saturated carbocycles. The summed E-state index contributed by atoms with van der Waals surface area (Å²) in [5.41, 5.74) is 0. The predicted molar refractivity (Wildman–Crippen MR) is 292 cm³/mol. The molecule has 0 aromatic heterocycles. The zero-order valence-corrected chi connectivity index (χ0v) is 44.6. The third-order valence-electron chi connectivity index (χ3n) is 13.3. The van der Waals surface area contributed by atoms with Gasteiger partial charge >= 0.3 is 5.97 Å². The van der Waals surface area contributed by atoms with Crippen molar-refractivity contribution < 1.29 is 24.5 Å². The summed E-state index contributed by atoms with van der Waals surface area (Å²) in [6.07, 6.45) is 71.1. The second-order valence-corrected chi connectivity index (χ2v) is 20.0. The molecule has 6 nitrogen and oxygen atoms in total. The van der Waals surface area contributed by atoms with Crippen LogP contribution in [-0.4, -0.2) is 47.4 Å². The Hall–Kier alpha value is -2.18. The smallest absolute Gasteiger partial charge is 0.305 e. The lowest BCUT2D eigenvalue weighted by molar-refractivity contribution is -0.143. The minimum atomic E-state index is -0.671. The number of nitrogens with one attached hydrogen (secondary N) is 1. The SMILES string of the molecule is CCC/C=C\C/C=C\CCCCCCCC(=O)OCCCCCCCCCCC/C=C\C/C=C\CCCCCCCCCC(=O)NC(CO)C(O)CCCCCCCCCCCCCCCC. The van der Waals surface area contributed by atoms with Crippen LogP contribution in [-0.2, 0) is 14.3 Å². The third-order valence-corrected chi connectivity index (χ3v) is 13.3. The van der Waals surface area contributed by atoms with Gasteiger partial charge in [0.2, 0.25) is 5.91 Å². The fraction of sp³-hybridized carbons (Fsp3) is 0.836. The minimum Gasteiger partial charge on any atom is -0.466 e. The summed E-state index contributed by atoms with van der Waals surface area (Å²) in [7, 11) is 0. The number of aliphatic hydroxyl groups is 2. The molecule has 0 bridgehead atoms. The predicted octanol–water partition coefficient (Wildman–Crippen LogP) is 18.2. The Balaban J connectivity index is 3.46. The highest BCUT2D eigenvalue weighted by molar-refractivity contribution is 5.76. The topological polar surface area (TPSA) is 95.9 Å². The highest BCUT2D eigenvalue weighted by atomic mass is 16.5. The summed E-state index contributed by atoms with van der Waals surface area (Å²) >= 11 is 0. The number of hydrogen-bond acceptors (Lipinski definition) is 5. The lowest BCUT2D eigenvalue weighted by Crippen LogP contribution is -2.45. The van der Waals surface area contributed by atoms with Gasteiger partial charge < -0.3 is 20.3 Å². The molecular weight excluding hydrogens is 827 g/mol. The first-order chi connectivity index (χ1) is 33.0. The second kappa shape index (κ2) is 56.4. The number of hydrogen-bond donors (Lipinski definition) is 3. The van der Waals surface area contributed by atoms with Crippen LogP contribution in [0.3, 0.4) is 0 Å². The standard InChI is InChI=1S/C61H113NO5/c1-3-5-7-9-11-13-15-17-30-33-37-41-45-49-53-59(64)58(57-63)62-60(65)54-50-46-42-38-34-31-27-25-23-21-19-18-20-22-24-26-28-32-36-40-44-48-52-56-67-61(66)55-51-47-43-39-35-29-16-14-12-10-8-6-4-2/h8,10,14,16,18,20-21,23,58-59,63-64H,3-7,9,11-13,15,17,19,22,24-57H2,1-2H3,(H,62,65)/b10-8-,16-14-,20-18-,23-21-. The molecule has 0 fully saturated rings. The van der Waals surface area contributed by atoms with Gasteiger partial charge in [0.25, 0.3) is 0 Å². The Bertz CT molecular complexity index is 1130. The number of amides is 1. The van der Waals surface area contributed by atoms with E-state index < -0.39 is 12.1 Å². The van der Waals surface area contributed by atoms with Gasteiger partial charge in [-0.25, -0.2) is 0 Å². The molecule has 0 saturated heterocycles. The Morgan fingerprint density at radius 2 is 0.776 bits per heavy atom. The first kappa shape index (κ1) is 64.8. The number of allylic oxidation sites excluding steroid dienone is 8. The van der Waals surface area contributed by atoms with Crippen molar-refractivity contribution in [2.45, 2.75) is 315 Å². The van der Waals surface area contributed by atoms with Gasteiger partial charge in [-0.2, -0.15) is 0 Å². The summed E-state index contributed by atoms with van der Waals surface area (Å²) in [6.45, 7) is 4.87. The second-order valence-electron chi connectivity index (χ2n) is 20.0. The molecule has 0 aliphatic rings. The van der Waals surface area contributed by atoms with Crippen LogP contribution in [0.4, 0.5) is 0 Å². The third kappa shape index (κ3) is 53.0. The molecule has 2 atom stereocenters. The molecule has 0 rings (SSSR count). The van der Waals surface area contributed by atoms with E-state index in [0.717, 1.165) is 70.6 Å². The monoisotopic (exact) mass is 940 g/mol. The first-order valence-corrected chi connectivity index (χ1v) is 29.4. The van der Waals surface area contributed by atoms with E-state index in [1.54, 1.807) is 0 Å². The number of aliphatic hydroxyl groups excluding tert-OH is 2. The number of rotatable bonds is 54. The largest absolute Gasteiger partial charge is 0.466 e. The van der Waals surface area contributed by atoms with E-state index in [1.165, 1.54) is 199 Å². The van der Waals surface area contributed by atoms with Crippen molar-refractivity contribution >= 4 is 11.9 Å². The molecule has 3 N–H and O–H groups in total. The van der Waals surface area contributed by atoms with Crippen LogP contribution in [0.1, 0.15) is 303 Å². The summed E-state index contributed by atoms with van der Waals surface area (Å²) in [5.74, 6) is -0.0544. The molecule has 67 heavy (non-hydrogen) atoms. The molecule has 0 heterocycles. The van der Waals surface area contributed by atoms with Crippen LogP contribution < -0.4 is 5.32 Å². The van der Waals surface area contributed by atoms with Crippen molar-refractivity contribution in [3.8, 4) is 0 Å². The summed E-state index contributed by atoms with van der Waals surface area (Å²) in [6, 6.07) is -0.549. The fourth-order valence-corrected chi connectivity index (χ4v) is 8.83. The summed E-state index contributed by atoms with van der Waals surface area (Å²) in [5, 5.41) is 23.2. The number of esters is 1. The van der Waals surface area contributed by atoms with Crippen LogP contribution in [0, 0.1) is 0 Å². The molecule has 0 aromatic rings. The van der Waals surface area contributed by atoms with E-state index in [9.17, 15) is 19.8 Å². The van der Waals surface area contributed by atoms with Crippen molar-refractivity contribution in [2.24, 2.45) is 0 Å². The Labute approximate surface area is 416 Å². The molecular formula is C61H113NO5. The maximum Gasteiger partial charge on any atom is 0.305 e. The zero-order chi connectivity index (χ0) is 48.6. The number of carbonyl (C=O) groups excluding carboxylic acids is 2. The molecule has 1 amide bonds. The van der Waals surface area contributed by atoms with Gasteiger partial charge in [0.15, 0.2) is 0 Å². The van der Waals surface area contributed by atoms with E-state index in [4.69, 9.17) is 4.74 Å². The van der Waals surface area contributed by atoms with E-state index in [1.807, 2.05) is 0 Å². The van der Waals surface area contributed by atoms with E-state index >= 15 is 0 Å². The Morgan fingerprint density at radius 1 is 0.418 bits per heavy atom. The summed E-state index contributed by atoms with van der Waals surface area (Å²) in [4.78, 5) is 24.5. The van der Waals surface area contributed by atoms with E-state index in [-0.39, 0.29) is 18.5 Å². The van der Waals surface area contributed by atoms with Gasteiger partial charge in [-0.1, -0.05) is 255 Å². The van der Waals surface area contributed by atoms with Gasteiger partial charge in [-0.05, 0) is 83.5 Å². The lowest BCUT2D eigenvalue weighted by atomic mass is 10.0. The van der Waals surface area contributed by atoms with Crippen LogP contribution in [0.2, 0.25) is 0 Å². The van der Waals surface area contributed by atoms with Crippen molar-refractivity contribution in [2.75, 3.05) is 13.2 Å².